The van der Waals surface area contributed by atoms with Crippen molar-refractivity contribution in [2.45, 2.75) is 64.9 Å². The van der Waals surface area contributed by atoms with Crippen LogP contribution >= 0.6 is 11.3 Å². The van der Waals surface area contributed by atoms with Gasteiger partial charge in [-0.1, -0.05) is 6.07 Å². The molecule has 2 aliphatic rings. The van der Waals surface area contributed by atoms with Crippen LogP contribution in [0.2, 0.25) is 0 Å². The number of nitrogens with one attached hydrogen (secondary N) is 2. The van der Waals surface area contributed by atoms with Crippen LogP contribution in [0.25, 0.3) is 11.4 Å². The summed E-state index contributed by atoms with van der Waals surface area (Å²) in [6.45, 7) is 11.5. The SMILES string of the molecule is C[C@@H]1CN(c2cccc(-c3csc(NC(=O)C4CCN4C(=O)c4ccc(NC(=O)OC(C)(C)C)cc4)n3)n2)C[C@H](C)O1. The number of amides is 3. The van der Waals surface area contributed by atoms with Gasteiger partial charge in [0.05, 0.1) is 17.9 Å². The number of rotatable bonds is 6. The third-order valence-electron chi connectivity index (χ3n) is 6.84. The molecule has 2 aromatic heterocycles. The summed E-state index contributed by atoms with van der Waals surface area (Å²) in [5.41, 5.74) is 1.71. The van der Waals surface area contributed by atoms with Gasteiger partial charge in [-0.25, -0.2) is 14.8 Å². The number of ether oxygens (including phenoxy) is 2. The Morgan fingerprint density at radius 3 is 2.33 bits per heavy atom. The number of benzene rings is 1. The minimum Gasteiger partial charge on any atom is -0.444 e. The van der Waals surface area contributed by atoms with Gasteiger partial charge in [0.1, 0.15) is 23.2 Å². The predicted octanol–water partition coefficient (Wildman–Crippen LogP) is 5.02. The minimum absolute atomic E-state index is 0.124. The molecule has 0 bridgehead atoms. The Morgan fingerprint density at radius 1 is 0.976 bits per heavy atom. The van der Waals surface area contributed by atoms with Crippen molar-refractivity contribution in [2.24, 2.45) is 0 Å². The summed E-state index contributed by atoms with van der Waals surface area (Å²) in [5, 5.41) is 7.83. The van der Waals surface area contributed by atoms with Gasteiger partial charge in [0.25, 0.3) is 5.91 Å². The first-order chi connectivity index (χ1) is 19.9. The fourth-order valence-electron chi connectivity index (χ4n) is 4.93. The lowest BCUT2D eigenvalue weighted by Gasteiger charge is -2.39. The molecule has 3 aromatic rings. The van der Waals surface area contributed by atoms with Crippen molar-refractivity contribution < 1.29 is 23.9 Å². The Hall–Kier alpha value is -4.03. The number of aromatic nitrogens is 2. The van der Waals surface area contributed by atoms with E-state index >= 15 is 0 Å². The highest BCUT2D eigenvalue weighted by Crippen LogP contribution is 2.28. The third-order valence-corrected chi connectivity index (χ3v) is 7.59. The van der Waals surface area contributed by atoms with E-state index in [4.69, 9.17) is 14.5 Å². The van der Waals surface area contributed by atoms with Gasteiger partial charge in [0.15, 0.2) is 5.13 Å². The summed E-state index contributed by atoms with van der Waals surface area (Å²) in [6, 6.07) is 11.8. The molecule has 2 N–H and O–H groups in total. The van der Waals surface area contributed by atoms with E-state index in [1.165, 1.54) is 16.2 Å². The molecule has 3 amide bonds. The number of carbonyl (C=O) groups excluding carboxylic acids is 3. The summed E-state index contributed by atoms with van der Waals surface area (Å²) in [5.74, 6) is 0.333. The molecular formula is C30H36N6O5S. The molecule has 0 saturated carbocycles. The highest BCUT2D eigenvalue weighted by atomic mass is 32.1. The molecular weight excluding hydrogens is 556 g/mol. The average Bonchev–Trinajstić information content (AvgIpc) is 3.35. The van der Waals surface area contributed by atoms with E-state index in [0.29, 0.717) is 35.0 Å². The van der Waals surface area contributed by atoms with Gasteiger partial charge in [-0.05, 0) is 77.4 Å². The zero-order chi connectivity index (χ0) is 30.0. The van der Waals surface area contributed by atoms with Gasteiger partial charge in [-0.3, -0.25) is 14.9 Å². The number of hydrogen-bond donors (Lipinski definition) is 2. The van der Waals surface area contributed by atoms with Gasteiger partial charge in [-0.2, -0.15) is 0 Å². The van der Waals surface area contributed by atoms with Crippen molar-refractivity contribution in [3.63, 3.8) is 0 Å². The number of likely N-dealkylation sites (tertiary alicyclic amines) is 1. The van der Waals surface area contributed by atoms with Crippen LogP contribution in [0.1, 0.15) is 51.4 Å². The molecule has 0 radical (unpaired) electrons. The van der Waals surface area contributed by atoms with Crippen LogP contribution < -0.4 is 15.5 Å². The van der Waals surface area contributed by atoms with Gasteiger partial charge >= 0.3 is 6.09 Å². The Bertz CT molecular complexity index is 1440. The normalized spacial score (nSPS) is 20.5. The Kier molecular flexibility index (Phi) is 8.46. The number of nitrogens with zero attached hydrogens (tertiary/aromatic N) is 4. The summed E-state index contributed by atoms with van der Waals surface area (Å²) in [7, 11) is 0. The minimum atomic E-state index is -0.615. The summed E-state index contributed by atoms with van der Waals surface area (Å²) >= 11 is 1.32. The first kappa shape index (κ1) is 29.5. The molecule has 42 heavy (non-hydrogen) atoms. The number of pyridine rings is 1. The molecule has 3 atom stereocenters. The van der Waals surface area contributed by atoms with Crippen LogP contribution in [0.5, 0.6) is 0 Å². The highest BCUT2D eigenvalue weighted by molar-refractivity contribution is 7.14. The Labute approximate surface area is 249 Å². The smallest absolute Gasteiger partial charge is 0.412 e. The summed E-state index contributed by atoms with van der Waals surface area (Å²) in [4.78, 5) is 51.3. The lowest BCUT2D eigenvalue weighted by atomic mass is 10.00. The highest BCUT2D eigenvalue weighted by Gasteiger charge is 2.38. The van der Waals surface area contributed by atoms with Gasteiger partial charge in [0, 0.05) is 36.3 Å². The second-order valence-electron chi connectivity index (χ2n) is 11.6. The van der Waals surface area contributed by atoms with Gasteiger partial charge < -0.3 is 24.6 Å². The van der Waals surface area contributed by atoms with Crippen LogP contribution in [0, 0.1) is 0 Å². The van der Waals surface area contributed by atoms with Crippen LogP contribution in [-0.4, -0.2) is 76.3 Å². The zero-order valence-electron chi connectivity index (χ0n) is 24.4. The molecule has 1 aromatic carbocycles. The second kappa shape index (κ2) is 12.1. The van der Waals surface area contributed by atoms with Gasteiger partial charge in [0.2, 0.25) is 5.91 Å². The van der Waals surface area contributed by atoms with E-state index in [1.54, 1.807) is 45.0 Å². The van der Waals surface area contributed by atoms with E-state index in [0.717, 1.165) is 24.6 Å². The lowest BCUT2D eigenvalue weighted by Crippen LogP contribution is -2.56. The van der Waals surface area contributed by atoms with Crippen molar-refractivity contribution in [1.29, 1.82) is 0 Å². The van der Waals surface area contributed by atoms with Crippen LogP contribution in [0.3, 0.4) is 0 Å². The van der Waals surface area contributed by atoms with Crippen LogP contribution in [-0.2, 0) is 14.3 Å². The molecule has 4 heterocycles. The zero-order valence-corrected chi connectivity index (χ0v) is 25.2. The van der Waals surface area contributed by atoms with E-state index in [2.05, 4.69) is 34.4 Å². The third kappa shape index (κ3) is 7.05. The molecule has 0 aliphatic carbocycles. The average molecular weight is 593 g/mol. The number of carbonyl (C=O) groups is 3. The largest absolute Gasteiger partial charge is 0.444 e. The molecule has 2 saturated heterocycles. The monoisotopic (exact) mass is 592 g/mol. The topological polar surface area (TPSA) is 126 Å². The molecule has 12 heteroatoms. The molecule has 222 valence electrons. The van der Waals surface area contributed by atoms with Crippen molar-refractivity contribution in [3.8, 4) is 11.4 Å². The maximum absolute atomic E-state index is 13.1. The Morgan fingerprint density at radius 2 is 1.69 bits per heavy atom. The molecule has 11 nitrogen and oxygen atoms in total. The Balaban J connectivity index is 1.18. The van der Waals surface area contributed by atoms with Crippen molar-refractivity contribution in [2.75, 3.05) is 35.2 Å². The van der Waals surface area contributed by atoms with E-state index in [-0.39, 0.29) is 24.0 Å². The van der Waals surface area contributed by atoms with Crippen LogP contribution in [0.15, 0.2) is 47.8 Å². The van der Waals surface area contributed by atoms with E-state index in [9.17, 15) is 14.4 Å². The van der Waals surface area contributed by atoms with E-state index < -0.39 is 17.7 Å². The van der Waals surface area contributed by atoms with E-state index in [1.807, 2.05) is 23.6 Å². The predicted molar refractivity (Wildman–Crippen MR) is 162 cm³/mol. The first-order valence-corrected chi connectivity index (χ1v) is 14.9. The molecule has 0 spiro atoms. The van der Waals surface area contributed by atoms with Crippen LogP contribution in [0.4, 0.5) is 21.4 Å². The number of hydrogen-bond acceptors (Lipinski definition) is 9. The second-order valence-corrected chi connectivity index (χ2v) is 12.4. The molecule has 2 fully saturated rings. The number of thiazole rings is 1. The lowest BCUT2D eigenvalue weighted by molar-refractivity contribution is -0.123. The van der Waals surface area contributed by atoms with Crippen molar-refractivity contribution in [3.05, 3.63) is 53.4 Å². The molecule has 1 unspecified atom stereocenters. The standard InChI is InChI=1S/C30H36N6O5S/c1-18-15-35(16-19(2)40-18)25-8-6-7-22(32-25)23-17-42-28(33-23)34-26(37)24-13-14-36(24)27(38)20-9-11-21(12-10-20)31-29(39)41-30(3,4)5/h6-12,17-19,24H,13-16H2,1-5H3,(H,31,39)(H,33,34,37)/t18-,19+,24?. The number of morpholine rings is 1. The maximum Gasteiger partial charge on any atom is 0.412 e. The summed E-state index contributed by atoms with van der Waals surface area (Å²) in [6.07, 6.45) is 0.238. The van der Waals surface area contributed by atoms with Gasteiger partial charge in [-0.15, -0.1) is 11.3 Å². The summed E-state index contributed by atoms with van der Waals surface area (Å²) < 4.78 is 11.1. The fraction of sp³-hybridized carbons (Fsp3) is 0.433. The fourth-order valence-corrected chi connectivity index (χ4v) is 5.64. The molecule has 2 aliphatic heterocycles. The number of anilines is 3. The molecule has 5 rings (SSSR count). The van der Waals surface area contributed by atoms with Crippen molar-refractivity contribution >= 4 is 45.9 Å². The maximum atomic E-state index is 13.1. The first-order valence-electron chi connectivity index (χ1n) is 14.0. The van der Waals surface area contributed by atoms with Crippen molar-refractivity contribution in [1.82, 2.24) is 14.9 Å². The quantitative estimate of drug-likeness (QED) is 0.409.